The van der Waals surface area contributed by atoms with Crippen LogP contribution < -0.4 is 4.90 Å². The topological polar surface area (TPSA) is 95.0 Å². The van der Waals surface area contributed by atoms with Gasteiger partial charge in [-0.2, -0.15) is 0 Å². The van der Waals surface area contributed by atoms with E-state index in [4.69, 9.17) is 11.6 Å². The molecule has 7 nitrogen and oxygen atoms in total. The zero-order valence-corrected chi connectivity index (χ0v) is 25.5. The van der Waals surface area contributed by atoms with E-state index in [1.807, 2.05) is 57.2 Å². The Labute approximate surface area is 261 Å². The van der Waals surface area contributed by atoms with Gasteiger partial charge in [0.05, 0.1) is 28.9 Å². The third-order valence-corrected chi connectivity index (χ3v) is 10.3. The van der Waals surface area contributed by atoms with Gasteiger partial charge in [-0.05, 0) is 81.0 Å². The van der Waals surface area contributed by atoms with Crippen molar-refractivity contribution in [2.75, 3.05) is 4.90 Å². The van der Waals surface area contributed by atoms with Gasteiger partial charge in [0.2, 0.25) is 23.6 Å². The first kappa shape index (κ1) is 28.5. The second kappa shape index (κ2) is 9.89. The van der Waals surface area contributed by atoms with Gasteiger partial charge < -0.3 is 5.11 Å². The number of carbonyl (C=O) groups excluding carboxylic acids is 4. The summed E-state index contributed by atoms with van der Waals surface area (Å²) in [7, 11) is 0. The monoisotopic (exact) mass is 608 g/mol. The Kier molecular flexibility index (Phi) is 6.42. The maximum Gasteiger partial charge on any atom is 0.246 e. The number of likely N-dealkylation sites (tertiary alicyclic amines) is 1. The van der Waals surface area contributed by atoms with Crippen LogP contribution in [-0.4, -0.2) is 39.2 Å². The summed E-state index contributed by atoms with van der Waals surface area (Å²) in [6.07, 6.45) is 2.66. The van der Waals surface area contributed by atoms with Crippen LogP contribution in [0.5, 0.6) is 5.75 Å². The number of phenols is 1. The fourth-order valence-electron chi connectivity index (χ4n) is 8.45. The Balaban J connectivity index is 1.49. The van der Waals surface area contributed by atoms with Crippen LogP contribution in [0, 0.1) is 23.7 Å². The Morgan fingerprint density at radius 1 is 0.841 bits per heavy atom. The van der Waals surface area contributed by atoms with Crippen LogP contribution in [0.4, 0.5) is 5.69 Å². The number of phenolic OH excluding ortho intramolecular Hbond substituents is 1. The molecular formula is C36H33ClN2O5. The summed E-state index contributed by atoms with van der Waals surface area (Å²) in [6, 6.07) is 22.9. The average Bonchev–Trinajstić information content (AvgIpc) is 3.39. The van der Waals surface area contributed by atoms with Gasteiger partial charge in [-0.3, -0.25) is 24.1 Å². The van der Waals surface area contributed by atoms with E-state index in [1.165, 1.54) is 9.80 Å². The van der Waals surface area contributed by atoms with E-state index in [0.29, 0.717) is 22.7 Å². The smallest absolute Gasteiger partial charge is 0.246 e. The number of hydrogen-bond donors (Lipinski definition) is 1. The van der Waals surface area contributed by atoms with Crippen LogP contribution in [0.2, 0.25) is 5.02 Å². The Morgan fingerprint density at radius 2 is 1.55 bits per heavy atom. The average molecular weight is 609 g/mol. The third kappa shape index (κ3) is 3.88. The van der Waals surface area contributed by atoms with Crippen LogP contribution in [0.1, 0.15) is 50.7 Å². The molecule has 4 aliphatic rings. The molecular weight excluding hydrogens is 576 g/mol. The maximum absolute atomic E-state index is 15.1. The fraction of sp³-hybridized carbons (Fsp3) is 0.333. The number of rotatable bonds is 3. The van der Waals surface area contributed by atoms with Crippen LogP contribution in [0.3, 0.4) is 0 Å². The van der Waals surface area contributed by atoms with Crippen molar-refractivity contribution in [2.24, 2.45) is 23.7 Å². The lowest BCUT2D eigenvalue weighted by Gasteiger charge is -2.50. The highest BCUT2D eigenvalue weighted by molar-refractivity contribution is 6.32. The number of fused-ring (bicyclic) bond motifs is 4. The number of benzene rings is 3. The third-order valence-electron chi connectivity index (χ3n) is 10.1. The summed E-state index contributed by atoms with van der Waals surface area (Å²) >= 11 is 6.35. The maximum atomic E-state index is 15.1. The summed E-state index contributed by atoms with van der Waals surface area (Å²) in [5.41, 5.74) is 0.725. The van der Waals surface area contributed by atoms with Crippen LogP contribution in [0.25, 0.3) is 0 Å². The molecule has 0 spiro atoms. The predicted molar refractivity (Wildman–Crippen MR) is 166 cm³/mol. The van der Waals surface area contributed by atoms with Gasteiger partial charge in [-0.1, -0.05) is 71.8 Å². The lowest BCUT2D eigenvalue weighted by molar-refractivity contribution is -0.145. The van der Waals surface area contributed by atoms with Crippen molar-refractivity contribution >= 4 is 40.9 Å². The first-order chi connectivity index (χ1) is 21.0. The van der Waals surface area contributed by atoms with E-state index in [-0.39, 0.29) is 35.8 Å². The van der Waals surface area contributed by atoms with E-state index in [1.54, 1.807) is 48.5 Å². The number of amides is 4. The summed E-state index contributed by atoms with van der Waals surface area (Å²) < 4.78 is 0. The molecule has 0 radical (unpaired) electrons. The molecule has 3 fully saturated rings. The van der Waals surface area contributed by atoms with Gasteiger partial charge in [-0.15, -0.1) is 0 Å². The van der Waals surface area contributed by atoms with E-state index in [0.717, 1.165) is 11.1 Å². The normalized spacial score (nSPS) is 29.8. The number of carbonyl (C=O) groups is 4. The highest BCUT2D eigenvalue weighted by Crippen LogP contribution is 2.64. The lowest BCUT2D eigenvalue weighted by Crippen LogP contribution is -2.53. The fourth-order valence-corrected chi connectivity index (χ4v) is 8.63. The number of imide groups is 2. The number of nitrogens with zero attached hydrogens (tertiary/aromatic N) is 2. The van der Waals surface area contributed by atoms with Crippen molar-refractivity contribution in [1.82, 2.24) is 4.90 Å². The van der Waals surface area contributed by atoms with Crippen molar-refractivity contribution in [3.63, 3.8) is 0 Å². The molecule has 2 aliphatic heterocycles. The highest BCUT2D eigenvalue weighted by Gasteiger charge is 2.70. The van der Waals surface area contributed by atoms with Gasteiger partial charge in [0.25, 0.3) is 0 Å². The second-order valence-corrected chi connectivity index (χ2v) is 13.8. The molecule has 2 saturated heterocycles. The number of halogens is 1. The standard InChI is InChI=1S/C36H33ClN2O5/c1-35(2,3)39-31(41)26-17-16-25-27(29(26)33(39)43)19-28-32(42)38(23-11-7-10-22(37)18-23)34(44)36(28,21-8-5-4-6-9-21)30(25)20-12-14-24(40)15-13-20/h4-16,18,26-30,40H,17,19H2,1-3H3/t26-,27+,28-,29-,30-,36+/m0/s1. The largest absolute Gasteiger partial charge is 0.508 e. The van der Waals surface area contributed by atoms with E-state index < -0.39 is 40.5 Å². The molecule has 6 atom stereocenters. The predicted octanol–water partition coefficient (Wildman–Crippen LogP) is 6.01. The SMILES string of the molecule is CC(C)(C)N1C(=O)[C@H]2[C@H](CC=C3[C@H]2C[C@H]2C(=O)N(c4cccc(Cl)c4)C(=O)[C@@]2(c2ccccc2)[C@H]3c2ccc(O)cc2)C1=O. The zero-order chi connectivity index (χ0) is 31.1. The molecule has 224 valence electrons. The van der Waals surface area contributed by atoms with E-state index in [9.17, 15) is 19.5 Å². The van der Waals surface area contributed by atoms with Crippen LogP contribution in [-0.2, 0) is 24.6 Å². The van der Waals surface area contributed by atoms with Gasteiger partial charge in [0.15, 0.2) is 0 Å². The highest BCUT2D eigenvalue weighted by atomic mass is 35.5. The molecule has 2 heterocycles. The van der Waals surface area contributed by atoms with Gasteiger partial charge in [-0.25, -0.2) is 4.90 Å². The van der Waals surface area contributed by atoms with Crippen LogP contribution in [0.15, 0.2) is 90.5 Å². The molecule has 0 bridgehead atoms. The van der Waals surface area contributed by atoms with E-state index in [2.05, 4.69) is 0 Å². The molecule has 4 amide bonds. The van der Waals surface area contributed by atoms with Crippen molar-refractivity contribution in [1.29, 1.82) is 0 Å². The van der Waals surface area contributed by atoms with Crippen LogP contribution >= 0.6 is 11.6 Å². The Hall–Kier alpha value is -4.23. The molecule has 1 saturated carbocycles. The van der Waals surface area contributed by atoms with Gasteiger partial charge in [0.1, 0.15) is 5.75 Å². The van der Waals surface area contributed by atoms with Gasteiger partial charge in [0, 0.05) is 16.5 Å². The van der Waals surface area contributed by atoms with Crippen molar-refractivity contribution in [3.05, 3.63) is 107 Å². The van der Waals surface area contributed by atoms with Gasteiger partial charge >= 0.3 is 0 Å². The Bertz CT molecular complexity index is 1740. The summed E-state index contributed by atoms with van der Waals surface area (Å²) in [4.78, 5) is 60.2. The van der Waals surface area contributed by atoms with Crippen molar-refractivity contribution < 1.29 is 24.3 Å². The summed E-state index contributed by atoms with van der Waals surface area (Å²) in [5, 5.41) is 10.6. The first-order valence-corrected chi connectivity index (χ1v) is 15.4. The minimum absolute atomic E-state index is 0.0795. The minimum atomic E-state index is -1.33. The molecule has 7 rings (SSSR count). The lowest BCUT2D eigenvalue weighted by atomic mass is 9.49. The quantitative estimate of drug-likeness (QED) is 0.290. The van der Waals surface area contributed by atoms with Crippen molar-refractivity contribution in [3.8, 4) is 5.75 Å². The molecule has 3 aromatic rings. The summed E-state index contributed by atoms with van der Waals surface area (Å²) in [5.74, 6) is -4.03. The molecule has 1 N–H and O–H groups in total. The van der Waals surface area contributed by atoms with Crippen molar-refractivity contribution in [2.45, 2.75) is 50.5 Å². The Morgan fingerprint density at radius 3 is 2.20 bits per heavy atom. The minimum Gasteiger partial charge on any atom is -0.508 e. The first-order valence-electron chi connectivity index (χ1n) is 15.0. The molecule has 8 heteroatoms. The zero-order valence-electron chi connectivity index (χ0n) is 24.7. The summed E-state index contributed by atoms with van der Waals surface area (Å²) in [6.45, 7) is 5.57. The number of hydrogen-bond acceptors (Lipinski definition) is 5. The van der Waals surface area contributed by atoms with E-state index >= 15 is 4.79 Å². The molecule has 0 aromatic heterocycles. The molecule has 44 heavy (non-hydrogen) atoms. The number of allylic oxidation sites excluding steroid dienone is 2. The molecule has 2 aliphatic carbocycles. The molecule has 3 aromatic carbocycles. The second-order valence-electron chi connectivity index (χ2n) is 13.4. The number of anilines is 1. The molecule has 0 unspecified atom stereocenters. The number of aromatic hydroxyl groups is 1.